The maximum absolute atomic E-state index is 12.3. The number of benzene rings is 1. The Hall–Kier alpha value is -2.27. The number of unbranched alkanes of at least 4 members (excludes halogenated alkanes) is 1. The molecular formula is C17H20ClN3O2. The lowest BCUT2D eigenvalue weighted by Crippen LogP contribution is -2.13. The van der Waals surface area contributed by atoms with E-state index >= 15 is 0 Å². The minimum atomic E-state index is -0.271. The predicted molar refractivity (Wildman–Crippen MR) is 93.6 cm³/mol. The van der Waals surface area contributed by atoms with Crippen LogP contribution in [0, 0.1) is 0 Å². The van der Waals surface area contributed by atoms with Crippen LogP contribution in [0.2, 0.25) is 5.02 Å². The van der Waals surface area contributed by atoms with Crippen LogP contribution in [0.25, 0.3) is 0 Å². The number of carbonyl (C=O) groups excluding carboxylic acids is 1. The minimum Gasteiger partial charge on any atom is -0.497 e. The van der Waals surface area contributed by atoms with Gasteiger partial charge in [0.15, 0.2) is 0 Å². The summed E-state index contributed by atoms with van der Waals surface area (Å²) in [5.74, 6) is 1.00. The summed E-state index contributed by atoms with van der Waals surface area (Å²) >= 11 is 6.18. The van der Waals surface area contributed by atoms with Gasteiger partial charge in [-0.3, -0.25) is 4.79 Å². The van der Waals surface area contributed by atoms with Crippen LogP contribution in [0.4, 0.5) is 11.5 Å². The summed E-state index contributed by atoms with van der Waals surface area (Å²) < 4.78 is 5.13. The molecule has 0 aliphatic heterocycles. The minimum absolute atomic E-state index is 0.271. The van der Waals surface area contributed by atoms with Crippen molar-refractivity contribution in [1.82, 2.24) is 4.98 Å². The molecule has 122 valence electrons. The fraction of sp³-hybridized carbons (Fsp3) is 0.294. The number of rotatable bonds is 7. The van der Waals surface area contributed by atoms with Gasteiger partial charge in [0, 0.05) is 24.5 Å². The van der Waals surface area contributed by atoms with Crippen LogP contribution in [0.15, 0.2) is 36.5 Å². The van der Waals surface area contributed by atoms with Crippen molar-refractivity contribution in [3.05, 3.63) is 47.1 Å². The molecule has 0 atom stereocenters. The first-order valence-corrected chi connectivity index (χ1v) is 7.86. The summed E-state index contributed by atoms with van der Waals surface area (Å²) in [6, 6.07) is 8.76. The summed E-state index contributed by atoms with van der Waals surface area (Å²) in [5.41, 5.74) is 1.05. The molecule has 0 bridgehead atoms. The normalized spacial score (nSPS) is 10.2. The van der Waals surface area contributed by atoms with Crippen LogP contribution in [-0.2, 0) is 0 Å². The zero-order valence-electron chi connectivity index (χ0n) is 13.2. The first-order valence-electron chi connectivity index (χ1n) is 7.49. The fourth-order valence-electron chi connectivity index (χ4n) is 1.98. The predicted octanol–water partition coefficient (Wildman–Crippen LogP) is 4.21. The van der Waals surface area contributed by atoms with Gasteiger partial charge in [0.2, 0.25) is 0 Å². The van der Waals surface area contributed by atoms with Crippen LogP contribution in [0.3, 0.4) is 0 Å². The molecule has 0 unspecified atom stereocenters. The Morgan fingerprint density at radius 2 is 2.17 bits per heavy atom. The van der Waals surface area contributed by atoms with Gasteiger partial charge in [-0.05, 0) is 24.6 Å². The number of methoxy groups -OCH3 is 1. The third kappa shape index (κ3) is 4.86. The van der Waals surface area contributed by atoms with E-state index in [-0.39, 0.29) is 5.91 Å². The number of ether oxygens (including phenoxy) is 1. The van der Waals surface area contributed by atoms with Crippen molar-refractivity contribution < 1.29 is 9.53 Å². The smallest absolute Gasteiger partial charge is 0.257 e. The summed E-state index contributed by atoms with van der Waals surface area (Å²) in [7, 11) is 1.58. The first-order chi connectivity index (χ1) is 11.1. The number of amides is 1. The Morgan fingerprint density at radius 1 is 1.35 bits per heavy atom. The average molecular weight is 334 g/mol. The quantitative estimate of drug-likeness (QED) is 0.745. The monoisotopic (exact) mass is 333 g/mol. The molecule has 0 fully saturated rings. The van der Waals surface area contributed by atoms with E-state index in [4.69, 9.17) is 16.3 Å². The van der Waals surface area contributed by atoms with Gasteiger partial charge in [0.05, 0.1) is 17.7 Å². The van der Waals surface area contributed by atoms with E-state index in [1.165, 1.54) is 6.20 Å². The lowest BCUT2D eigenvalue weighted by molar-refractivity contribution is 0.102. The lowest BCUT2D eigenvalue weighted by Gasteiger charge is -2.09. The molecule has 6 heteroatoms. The standard InChI is InChI=1S/C17H20ClN3O2/c1-3-4-8-19-16-15(18)9-12(11-20-16)17(22)21-13-6-5-7-14(10-13)23-2/h5-7,9-11H,3-4,8H2,1-2H3,(H,19,20)(H,21,22). The van der Waals surface area contributed by atoms with Crippen molar-refractivity contribution in [2.75, 3.05) is 24.3 Å². The number of aromatic nitrogens is 1. The number of halogens is 1. The van der Waals surface area contributed by atoms with E-state index < -0.39 is 0 Å². The third-order valence-corrected chi connectivity index (χ3v) is 3.54. The largest absolute Gasteiger partial charge is 0.497 e. The fourth-order valence-corrected chi connectivity index (χ4v) is 2.21. The summed E-state index contributed by atoms with van der Waals surface area (Å²) in [5, 5.41) is 6.38. The summed E-state index contributed by atoms with van der Waals surface area (Å²) in [4.78, 5) is 16.5. The van der Waals surface area contributed by atoms with Crippen molar-refractivity contribution in [3.8, 4) is 5.75 Å². The number of hydrogen-bond donors (Lipinski definition) is 2. The zero-order valence-corrected chi connectivity index (χ0v) is 14.0. The number of nitrogens with zero attached hydrogens (tertiary/aromatic N) is 1. The molecule has 0 saturated carbocycles. The van der Waals surface area contributed by atoms with Gasteiger partial charge in [0.25, 0.3) is 5.91 Å². The van der Waals surface area contributed by atoms with Gasteiger partial charge >= 0.3 is 0 Å². The van der Waals surface area contributed by atoms with Gasteiger partial charge in [-0.25, -0.2) is 4.98 Å². The topological polar surface area (TPSA) is 63.2 Å². The van der Waals surface area contributed by atoms with Crippen molar-refractivity contribution in [2.45, 2.75) is 19.8 Å². The number of hydrogen-bond acceptors (Lipinski definition) is 4. The Labute approximate surface area is 141 Å². The Balaban J connectivity index is 2.05. The second kappa shape index (κ2) is 8.39. The van der Waals surface area contributed by atoms with Crippen molar-refractivity contribution in [2.24, 2.45) is 0 Å². The van der Waals surface area contributed by atoms with Crippen LogP contribution in [0.5, 0.6) is 5.75 Å². The van der Waals surface area contributed by atoms with E-state index in [2.05, 4.69) is 22.5 Å². The lowest BCUT2D eigenvalue weighted by atomic mass is 10.2. The molecule has 0 spiro atoms. The highest BCUT2D eigenvalue weighted by Crippen LogP contribution is 2.22. The molecule has 0 saturated heterocycles. The van der Waals surface area contributed by atoms with E-state index in [0.717, 1.165) is 19.4 Å². The molecule has 1 heterocycles. The van der Waals surface area contributed by atoms with E-state index in [0.29, 0.717) is 27.8 Å². The number of anilines is 2. The maximum atomic E-state index is 12.3. The first kappa shape index (κ1) is 17.1. The molecule has 23 heavy (non-hydrogen) atoms. The maximum Gasteiger partial charge on any atom is 0.257 e. The number of nitrogens with one attached hydrogen (secondary N) is 2. The Morgan fingerprint density at radius 3 is 2.87 bits per heavy atom. The number of carbonyl (C=O) groups is 1. The molecule has 1 aromatic heterocycles. The van der Waals surface area contributed by atoms with Gasteiger partial charge in [0.1, 0.15) is 11.6 Å². The molecule has 2 aromatic rings. The van der Waals surface area contributed by atoms with Crippen LogP contribution < -0.4 is 15.4 Å². The van der Waals surface area contributed by atoms with Crippen LogP contribution >= 0.6 is 11.6 Å². The molecule has 2 N–H and O–H groups in total. The average Bonchev–Trinajstić information content (AvgIpc) is 2.56. The molecule has 1 amide bonds. The van der Waals surface area contributed by atoms with E-state index in [9.17, 15) is 4.79 Å². The summed E-state index contributed by atoms with van der Waals surface area (Å²) in [6.45, 7) is 2.92. The van der Waals surface area contributed by atoms with Gasteiger partial charge in [-0.1, -0.05) is 31.0 Å². The van der Waals surface area contributed by atoms with E-state index in [1.54, 1.807) is 31.4 Å². The van der Waals surface area contributed by atoms with Gasteiger partial charge in [-0.15, -0.1) is 0 Å². The van der Waals surface area contributed by atoms with Crippen LogP contribution in [0.1, 0.15) is 30.1 Å². The van der Waals surface area contributed by atoms with Gasteiger partial charge < -0.3 is 15.4 Å². The second-order valence-electron chi connectivity index (χ2n) is 5.02. The molecule has 0 aliphatic carbocycles. The number of pyridine rings is 1. The molecular weight excluding hydrogens is 314 g/mol. The highest BCUT2D eigenvalue weighted by Gasteiger charge is 2.10. The van der Waals surface area contributed by atoms with Crippen molar-refractivity contribution in [1.29, 1.82) is 0 Å². The van der Waals surface area contributed by atoms with Crippen LogP contribution in [-0.4, -0.2) is 24.5 Å². The third-order valence-electron chi connectivity index (χ3n) is 3.25. The highest BCUT2D eigenvalue weighted by atomic mass is 35.5. The Kier molecular flexibility index (Phi) is 6.23. The van der Waals surface area contributed by atoms with Crippen molar-refractivity contribution in [3.63, 3.8) is 0 Å². The molecule has 1 aromatic carbocycles. The Bertz CT molecular complexity index is 677. The molecule has 5 nitrogen and oxygen atoms in total. The van der Waals surface area contributed by atoms with Gasteiger partial charge in [-0.2, -0.15) is 0 Å². The SMILES string of the molecule is CCCCNc1ncc(C(=O)Nc2cccc(OC)c2)cc1Cl. The van der Waals surface area contributed by atoms with Crippen molar-refractivity contribution >= 4 is 29.0 Å². The highest BCUT2D eigenvalue weighted by molar-refractivity contribution is 6.33. The second-order valence-corrected chi connectivity index (χ2v) is 5.43. The summed E-state index contributed by atoms with van der Waals surface area (Å²) in [6.07, 6.45) is 3.64. The molecule has 0 aliphatic rings. The van der Waals surface area contributed by atoms with E-state index in [1.807, 2.05) is 6.07 Å². The molecule has 2 rings (SSSR count). The molecule has 0 radical (unpaired) electrons. The zero-order chi connectivity index (χ0) is 16.7.